The highest BCUT2D eigenvalue weighted by molar-refractivity contribution is 6.33. The van der Waals surface area contributed by atoms with E-state index in [4.69, 9.17) is 16.3 Å². The van der Waals surface area contributed by atoms with E-state index in [1.165, 1.54) is 17.0 Å². The van der Waals surface area contributed by atoms with Gasteiger partial charge in [0.05, 0.1) is 24.4 Å². The van der Waals surface area contributed by atoms with Crippen molar-refractivity contribution in [1.29, 1.82) is 0 Å². The van der Waals surface area contributed by atoms with Crippen LogP contribution in [0.3, 0.4) is 0 Å². The quantitative estimate of drug-likeness (QED) is 0.828. The van der Waals surface area contributed by atoms with Crippen molar-refractivity contribution in [3.05, 3.63) is 64.8 Å². The van der Waals surface area contributed by atoms with Gasteiger partial charge in [0.2, 0.25) is 0 Å². The van der Waals surface area contributed by atoms with Crippen LogP contribution in [0.15, 0.2) is 59.8 Å². The Morgan fingerprint density at radius 2 is 1.82 bits per heavy atom. The molecule has 2 aliphatic rings. The fraction of sp³-hybridized carbons (Fsp3) is 0.364. The Balaban J connectivity index is 1.33. The Morgan fingerprint density at radius 1 is 1.04 bits per heavy atom. The van der Waals surface area contributed by atoms with Gasteiger partial charge in [0.25, 0.3) is 0 Å². The average Bonchev–Trinajstić information content (AvgIpc) is 3.09. The van der Waals surface area contributed by atoms with Crippen LogP contribution in [0.25, 0.3) is 0 Å². The number of halogens is 1. The number of anilines is 2. The number of hydrogen-bond donors (Lipinski definition) is 1. The molecule has 0 amide bonds. The highest BCUT2D eigenvalue weighted by atomic mass is 35.5. The lowest BCUT2D eigenvalue weighted by atomic mass is 10.2. The molecule has 1 N–H and O–H groups in total. The number of para-hydroxylation sites is 1. The van der Waals surface area contributed by atoms with Crippen molar-refractivity contribution in [3.63, 3.8) is 0 Å². The van der Waals surface area contributed by atoms with Crippen LogP contribution in [0.1, 0.15) is 6.92 Å². The van der Waals surface area contributed by atoms with E-state index in [2.05, 4.69) is 51.4 Å². The van der Waals surface area contributed by atoms with Gasteiger partial charge >= 0.3 is 0 Å². The SMILES string of the molecule is COc1cccc(N2CCN(CC3=C(C)NN(c4ccccc4Cl)C3)CC2)c1. The second kappa shape index (κ2) is 8.33. The third kappa shape index (κ3) is 4.05. The van der Waals surface area contributed by atoms with Crippen LogP contribution in [-0.4, -0.2) is 51.3 Å². The fourth-order valence-corrected chi connectivity index (χ4v) is 4.09. The van der Waals surface area contributed by atoms with Gasteiger partial charge in [0.1, 0.15) is 5.75 Å². The van der Waals surface area contributed by atoms with Crippen LogP contribution in [0.2, 0.25) is 5.02 Å². The van der Waals surface area contributed by atoms with Gasteiger partial charge in [-0.05, 0) is 36.8 Å². The molecule has 0 aliphatic carbocycles. The van der Waals surface area contributed by atoms with Gasteiger partial charge in [-0.15, -0.1) is 0 Å². The fourth-order valence-electron chi connectivity index (χ4n) is 3.86. The Kier molecular flexibility index (Phi) is 5.64. The lowest BCUT2D eigenvalue weighted by molar-refractivity contribution is 0.277. The molecule has 0 bridgehead atoms. The molecule has 2 aromatic rings. The van der Waals surface area contributed by atoms with Gasteiger partial charge in [0, 0.05) is 50.2 Å². The second-order valence-corrected chi connectivity index (χ2v) is 7.75. The summed E-state index contributed by atoms with van der Waals surface area (Å²) in [4.78, 5) is 4.97. The van der Waals surface area contributed by atoms with E-state index in [9.17, 15) is 0 Å². The molecule has 4 rings (SSSR count). The first-order valence-corrected chi connectivity index (χ1v) is 10.1. The molecule has 148 valence electrons. The van der Waals surface area contributed by atoms with Crippen LogP contribution < -0.4 is 20.1 Å². The molecule has 0 aromatic heterocycles. The molecule has 2 aromatic carbocycles. The first-order chi connectivity index (χ1) is 13.6. The molecule has 2 heterocycles. The van der Waals surface area contributed by atoms with Gasteiger partial charge < -0.3 is 15.1 Å². The van der Waals surface area contributed by atoms with Crippen LogP contribution in [0, 0.1) is 0 Å². The molecule has 5 nitrogen and oxygen atoms in total. The molecule has 6 heteroatoms. The number of piperazine rings is 1. The molecule has 28 heavy (non-hydrogen) atoms. The van der Waals surface area contributed by atoms with E-state index in [0.717, 1.165) is 55.7 Å². The largest absolute Gasteiger partial charge is 0.497 e. The summed E-state index contributed by atoms with van der Waals surface area (Å²) in [5, 5.41) is 2.91. The van der Waals surface area contributed by atoms with Gasteiger partial charge in [-0.3, -0.25) is 9.91 Å². The lowest BCUT2D eigenvalue weighted by Gasteiger charge is -2.36. The molecule has 2 aliphatic heterocycles. The number of methoxy groups -OCH3 is 1. The Morgan fingerprint density at radius 3 is 2.57 bits per heavy atom. The van der Waals surface area contributed by atoms with E-state index in [1.54, 1.807) is 7.11 Å². The monoisotopic (exact) mass is 398 g/mol. The Hall–Kier alpha value is -2.37. The molecule has 1 fully saturated rings. The van der Waals surface area contributed by atoms with Gasteiger partial charge in [0.15, 0.2) is 0 Å². The molecular weight excluding hydrogens is 372 g/mol. The summed E-state index contributed by atoms with van der Waals surface area (Å²) in [5.74, 6) is 0.914. The van der Waals surface area contributed by atoms with E-state index in [1.807, 2.05) is 24.3 Å². The number of ether oxygens (including phenoxy) is 1. The highest BCUT2D eigenvalue weighted by Gasteiger charge is 2.24. The van der Waals surface area contributed by atoms with Crippen molar-refractivity contribution >= 4 is 23.0 Å². The first-order valence-electron chi connectivity index (χ1n) is 9.73. The predicted molar refractivity (Wildman–Crippen MR) is 116 cm³/mol. The number of nitrogens with zero attached hydrogens (tertiary/aromatic N) is 3. The summed E-state index contributed by atoms with van der Waals surface area (Å²) in [6, 6.07) is 16.3. The molecular formula is C22H27ClN4O. The summed E-state index contributed by atoms with van der Waals surface area (Å²) in [5.41, 5.74) is 8.40. The maximum absolute atomic E-state index is 6.36. The third-order valence-electron chi connectivity index (χ3n) is 5.53. The van der Waals surface area contributed by atoms with Crippen molar-refractivity contribution in [3.8, 4) is 5.75 Å². The summed E-state index contributed by atoms with van der Waals surface area (Å²) in [6.07, 6.45) is 0. The summed E-state index contributed by atoms with van der Waals surface area (Å²) < 4.78 is 5.36. The minimum Gasteiger partial charge on any atom is -0.497 e. The zero-order chi connectivity index (χ0) is 19.5. The van der Waals surface area contributed by atoms with E-state index in [-0.39, 0.29) is 0 Å². The second-order valence-electron chi connectivity index (χ2n) is 7.34. The zero-order valence-corrected chi connectivity index (χ0v) is 17.2. The number of allylic oxidation sites excluding steroid dienone is 1. The van der Waals surface area contributed by atoms with E-state index < -0.39 is 0 Å². The summed E-state index contributed by atoms with van der Waals surface area (Å²) in [7, 11) is 1.72. The summed E-state index contributed by atoms with van der Waals surface area (Å²) >= 11 is 6.36. The number of nitrogens with one attached hydrogen (secondary N) is 1. The molecule has 0 spiro atoms. The molecule has 0 radical (unpaired) electrons. The van der Waals surface area contributed by atoms with E-state index >= 15 is 0 Å². The van der Waals surface area contributed by atoms with Crippen LogP contribution in [-0.2, 0) is 0 Å². The van der Waals surface area contributed by atoms with Crippen molar-refractivity contribution in [1.82, 2.24) is 10.3 Å². The van der Waals surface area contributed by atoms with Crippen LogP contribution in [0.4, 0.5) is 11.4 Å². The molecule has 1 saturated heterocycles. The topological polar surface area (TPSA) is 31.0 Å². The third-order valence-corrected chi connectivity index (χ3v) is 5.85. The highest BCUT2D eigenvalue weighted by Crippen LogP contribution is 2.28. The van der Waals surface area contributed by atoms with Gasteiger partial charge in [-0.1, -0.05) is 29.8 Å². The predicted octanol–water partition coefficient (Wildman–Crippen LogP) is 3.77. The maximum atomic E-state index is 6.36. The smallest absolute Gasteiger partial charge is 0.120 e. The van der Waals surface area contributed by atoms with Crippen molar-refractivity contribution < 1.29 is 4.74 Å². The average molecular weight is 399 g/mol. The molecule has 0 atom stereocenters. The van der Waals surface area contributed by atoms with Crippen molar-refractivity contribution in [2.75, 3.05) is 56.3 Å². The zero-order valence-electron chi connectivity index (χ0n) is 16.5. The number of hydrogen-bond acceptors (Lipinski definition) is 5. The normalized spacial score (nSPS) is 17.8. The van der Waals surface area contributed by atoms with Crippen LogP contribution >= 0.6 is 11.6 Å². The number of benzene rings is 2. The van der Waals surface area contributed by atoms with Gasteiger partial charge in [-0.25, -0.2) is 0 Å². The van der Waals surface area contributed by atoms with E-state index in [0.29, 0.717) is 0 Å². The first kappa shape index (κ1) is 19.0. The Bertz CT molecular complexity index is 861. The lowest BCUT2D eigenvalue weighted by Crippen LogP contribution is -2.47. The standard InChI is InChI=1S/C22H27ClN4O/c1-17-18(16-27(24-17)22-9-4-3-8-21(22)23)15-25-10-12-26(13-11-25)19-6-5-7-20(14-19)28-2/h3-9,14,24H,10-13,15-16H2,1-2H3. The minimum absolute atomic E-state index is 0.774. The van der Waals surface area contributed by atoms with Gasteiger partial charge in [-0.2, -0.15) is 0 Å². The van der Waals surface area contributed by atoms with Crippen LogP contribution in [0.5, 0.6) is 5.75 Å². The number of hydrazine groups is 1. The van der Waals surface area contributed by atoms with Crippen molar-refractivity contribution in [2.45, 2.75) is 6.92 Å². The maximum Gasteiger partial charge on any atom is 0.120 e. The van der Waals surface area contributed by atoms with Crippen molar-refractivity contribution in [2.24, 2.45) is 0 Å². The Labute approximate surface area is 172 Å². The summed E-state index contributed by atoms with van der Waals surface area (Å²) in [6.45, 7) is 8.18. The molecule has 0 unspecified atom stereocenters. The number of rotatable bonds is 5. The minimum atomic E-state index is 0.774. The molecule has 0 saturated carbocycles.